The van der Waals surface area contributed by atoms with Crippen molar-refractivity contribution in [1.29, 1.82) is 0 Å². The molecular weight excluding hydrogens is 256 g/mol. The third-order valence-corrected chi connectivity index (χ3v) is 3.36. The number of hydrogen-bond donors (Lipinski definition) is 1. The van der Waals surface area contributed by atoms with Gasteiger partial charge in [-0.15, -0.1) is 0 Å². The van der Waals surface area contributed by atoms with E-state index in [1.165, 1.54) is 18.9 Å². The monoisotopic (exact) mass is 278 g/mol. The fourth-order valence-corrected chi connectivity index (χ4v) is 2.22. The van der Waals surface area contributed by atoms with Crippen LogP contribution in [-0.2, 0) is 0 Å². The first-order valence-electron chi connectivity index (χ1n) is 7.29. The van der Waals surface area contributed by atoms with Crippen LogP contribution in [0.3, 0.4) is 0 Å². The molecule has 0 spiro atoms. The third-order valence-electron chi connectivity index (χ3n) is 3.36. The van der Waals surface area contributed by atoms with Crippen LogP contribution in [0, 0.1) is 16.0 Å². The minimum Gasteiger partial charge on any atom is -0.370 e. The van der Waals surface area contributed by atoms with Crippen LogP contribution < -0.4 is 10.2 Å². The zero-order chi connectivity index (χ0) is 14.5. The molecule has 0 atom stereocenters. The molecule has 1 aromatic rings. The maximum Gasteiger partial charge on any atom is 0.276 e. The smallest absolute Gasteiger partial charge is 0.276 e. The van der Waals surface area contributed by atoms with Crippen molar-refractivity contribution in [1.82, 2.24) is 4.98 Å². The van der Waals surface area contributed by atoms with Gasteiger partial charge in [0.2, 0.25) is 0 Å². The average molecular weight is 278 g/mol. The molecule has 1 saturated carbocycles. The molecule has 110 valence electrons. The summed E-state index contributed by atoms with van der Waals surface area (Å²) in [6.45, 7) is 6.60. The van der Waals surface area contributed by atoms with Gasteiger partial charge in [0.15, 0.2) is 0 Å². The van der Waals surface area contributed by atoms with Gasteiger partial charge in [0.1, 0.15) is 11.6 Å². The first-order chi connectivity index (χ1) is 9.63. The zero-order valence-electron chi connectivity index (χ0n) is 12.1. The summed E-state index contributed by atoms with van der Waals surface area (Å²) in [5.41, 5.74) is 0.0999. The van der Waals surface area contributed by atoms with Gasteiger partial charge in [-0.05, 0) is 32.1 Å². The Morgan fingerprint density at radius 1 is 1.45 bits per heavy atom. The molecule has 0 saturated heterocycles. The summed E-state index contributed by atoms with van der Waals surface area (Å²) in [7, 11) is 0. The van der Waals surface area contributed by atoms with Crippen molar-refractivity contribution in [3.8, 4) is 0 Å². The molecule has 1 aliphatic carbocycles. The lowest BCUT2D eigenvalue weighted by Gasteiger charge is -2.23. The van der Waals surface area contributed by atoms with Crippen LogP contribution in [0.2, 0.25) is 0 Å². The summed E-state index contributed by atoms with van der Waals surface area (Å²) in [5.74, 6) is 2.02. The van der Waals surface area contributed by atoms with E-state index in [0.29, 0.717) is 18.2 Å². The number of anilines is 2. The Balaban J connectivity index is 2.27. The molecule has 1 N–H and O–H groups in total. The van der Waals surface area contributed by atoms with E-state index in [9.17, 15) is 10.1 Å². The lowest BCUT2D eigenvalue weighted by molar-refractivity contribution is -0.384. The molecule has 6 nitrogen and oxygen atoms in total. The molecule has 0 amide bonds. The highest BCUT2D eigenvalue weighted by Crippen LogP contribution is 2.32. The third kappa shape index (κ3) is 3.82. The Labute approximate surface area is 119 Å². The Morgan fingerprint density at radius 3 is 2.75 bits per heavy atom. The summed E-state index contributed by atoms with van der Waals surface area (Å²) in [5, 5.41) is 14.1. The van der Waals surface area contributed by atoms with Crippen LogP contribution >= 0.6 is 0 Å². The fourth-order valence-electron chi connectivity index (χ4n) is 2.22. The molecule has 6 heteroatoms. The molecule has 1 fully saturated rings. The van der Waals surface area contributed by atoms with E-state index in [-0.39, 0.29) is 10.6 Å². The molecule has 1 heterocycles. The Hall–Kier alpha value is -1.85. The van der Waals surface area contributed by atoms with Crippen LogP contribution in [0.25, 0.3) is 0 Å². The van der Waals surface area contributed by atoms with Gasteiger partial charge < -0.3 is 10.2 Å². The van der Waals surface area contributed by atoms with E-state index < -0.39 is 0 Å². The first kappa shape index (κ1) is 14.6. The van der Waals surface area contributed by atoms with Gasteiger partial charge in [-0.25, -0.2) is 4.98 Å². The van der Waals surface area contributed by atoms with E-state index in [0.717, 1.165) is 25.4 Å². The van der Waals surface area contributed by atoms with Crippen LogP contribution in [0.1, 0.15) is 33.1 Å². The largest absolute Gasteiger partial charge is 0.370 e. The normalized spacial score (nSPS) is 14.1. The predicted octanol–water partition coefficient (Wildman–Crippen LogP) is 3.05. The highest BCUT2D eigenvalue weighted by molar-refractivity contribution is 5.56. The number of hydrogen-bond acceptors (Lipinski definition) is 5. The Kier molecular flexibility index (Phi) is 4.76. The van der Waals surface area contributed by atoms with Crippen LogP contribution in [0.5, 0.6) is 0 Å². The predicted molar refractivity (Wildman–Crippen MR) is 80.3 cm³/mol. The van der Waals surface area contributed by atoms with Gasteiger partial charge in [0.05, 0.1) is 17.1 Å². The van der Waals surface area contributed by atoms with Crippen molar-refractivity contribution < 1.29 is 4.92 Å². The molecule has 0 aliphatic heterocycles. The van der Waals surface area contributed by atoms with Crippen molar-refractivity contribution in [3.05, 3.63) is 22.2 Å². The second kappa shape index (κ2) is 6.54. The van der Waals surface area contributed by atoms with Crippen LogP contribution in [0.15, 0.2) is 12.1 Å². The standard InChI is InChI=1S/C14H22N4O2/c1-3-7-17(10-11-5-6-11)14-9-12(18(19)20)8-13(16-14)15-4-2/h8-9,11H,3-7,10H2,1-2H3,(H,15,16). The van der Waals surface area contributed by atoms with Gasteiger partial charge in [-0.3, -0.25) is 10.1 Å². The Bertz CT molecular complexity index is 474. The maximum atomic E-state index is 11.1. The molecule has 1 aliphatic rings. The SMILES string of the molecule is CCCN(CC1CC1)c1cc([N+](=O)[O-])cc(NCC)n1. The van der Waals surface area contributed by atoms with Crippen molar-refractivity contribution >= 4 is 17.3 Å². The number of nitro groups is 1. The van der Waals surface area contributed by atoms with Crippen LogP contribution in [0.4, 0.5) is 17.3 Å². The molecule has 2 rings (SSSR count). The van der Waals surface area contributed by atoms with Crippen molar-refractivity contribution in [2.75, 3.05) is 29.9 Å². The molecule has 0 bridgehead atoms. The molecule has 0 aromatic carbocycles. The maximum absolute atomic E-state index is 11.1. The van der Waals surface area contributed by atoms with E-state index in [1.807, 2.05) is 6.92 Å². The molecule has 1 aromatic heterocycles. The highest BCUT2D eigenvalue weighted by atomic mass is 16.6. The minimum absolute atomic E-state index is 0.0999. The van der Waals surface area contributed by atoms with Gasteiger partial charge in [0.25, 0.3) is 5.69 Å². The zero-order valence-corrected chi connectivity index (χ0v) is 12.1. The fraction of sp³-hybridized carbons (Fsp3) is 0.643. The minimum atomic E-state index is -0.354. The summed E-state index contributed by atoms with van der Waals surface area (Å²) in [4.78, 5) is 17.4. The van der Waals surface area contributed by atoms with Crippen LogP contribution in [-0.4, -0.2) is 29.5 Å². The second-order valence-electron chi connectivity index (χ2n) is 5.25. The number of pyridine rings is 1. The number of nitrogens with zero attached hydrogens (tertiary/aromatic N) is 3. The molecule has 20 heavy (non-hydrogen) atoms. The molecule has 0 radical (unpaired) electrons. The highest BCUT2D eigenvalue weighted by Gasteiger charge is 2.25. The number of aromatic nitrogens is 1. The summed E-state index contributed by atoms with van der Waals surface area (Å²) in [6, 6.07) is 3.08. The van der Waals surface area contributed by atoms with Gasteiger partial charge in [0, 0.05) is 19.6 Å². The van der Waals surface area contributed by atoms with E-state index in [2.05, 4.69) is 22.1 Å². The van der Waals surface area contributed by atoms with Crippen molar-refractivity contribution in [2.45, 2.75) is 33.1 Å². The van der Waals surface area contributed by atoms with Crippen molar-refractivity contribution in [3.63, 3.8) is 0 Å². The van der Waals surface area contributed by atoms with Gasteiger partial charge in [-0.2, -0.15) is 0 Å². The summed E-state index contributed by atoms with van der Waals surface area (Å²) >= 11 is 0. The quantitative estimate of drug-likeness (QED) is 0.584. The van der Waals surface area contributed by atoms with Gasteiger partial charge in [-0.1, -0.05) is 6.92 Å². The number of rotatable bonds is 8. The summed E-state index contributed by atoms with van der Waals surface area (Å²) < 4.78 is 0. The summed E-state index contributed by atoms with van der Waals surface area (Å²) in [6.07, 6.45) is 3.53. The number of nitrogens with one attached hydrogen (secondary N) is 1. The topological polar surface area (TPSA) is 71.3 Å². The Morgan fingerprint density at radius 2 is 2.20 bits per heavy atom. The van der Waals surface area contributed by atoms with E-state index in [1.54, 1.807) is 6.07 Å². The lowest BCUT2D eigenvalue weighted by Crippen LogP contribution is -2.27. The molecular formula is C14H22N4O2. The van der Waals surface area contributed by atoms with E-state index >= 15 is 0 Å². The average Bonchev–Trinajstić information content (AvgIpc) is 3.22. The first-order valence-corrected chi connectivity index (χ1v) is 7.29. The van der Waals surface area contributed by atoms with Crippen molar-refractivity contribution in [2.24, 2.45) is 5.92 Å². The second-order valence-corrected chi connectivity index (χ2v) is 5.25. The van der Waals surface area contributed by atoms with Gasteiger partial charge >= 0.3 is 0 Å². The van der Waals surface area contributed by atoms with E-state index in [4.69, 9.17) is 0 Å². The molecule has 0 unspecified atom stereocenters. The lowest BCUT2D eigenvalue weighted by atomic mass is 10.3.